The maximum Gasteiger partial charge on any atom is 0.276 e. The summed E-state index contributed by atoms with van der Waals surface area (Å²) in [5.41, 5.74) is -0.215. The van der Waals surface area contributed by atoms with Gasteiger partial charge in [0.05, 0.1) is 5.69 Å². The molecule has 6 nitrogen and oxygen atoms in total. The second-order valence-corrected chi connectivity index (χ2v) is 6.00. The number of hydrogen-bond donors (Lipinski definition) is 2. The van der Waals surface area contributed by atoms with E-state index in [0.29, 0.717) is 18.2 Å². The van der Waals surface area contributed by atoms with E-state index in [2.05, 4.69) is 22.7 Å². The number of halogens is 1. The molecule has 1 aliphatic heterocycles. The average molecular weight is 330 g/mol. The van der Waals surface area contributed by atoms with Gasteiger partial charge >= 0.3 is 0 Å². The van der Waals surface area contributed by atoms with Gasteiger partial charge in [0.25, 0.3) is 5.91 Å². The highest BCUT2D eigenvalue weighted by molar-refractivity contribution is 5.92. The number of nitrogens with one attached hydrogen (secondary N) is 2. The van der Waals surface area contributed by atoms with E-state index >= 15 is 0 Å². The number of amides is 1. The number of aromatic nitrogens is 2. The van der Waals surface area contributed by atoms with E-state index in [1.807, 2.05) is 0 Å². The molecule has 1 amide bonds. The summed E-state index contributed by atoms with van der Waals surface area (Å²) in [6, 6.07) is 7.00. The number of nitrogens with zero attached hydrogens (tertiary/aromatic N) is 2. The fraction of sp³-hybridized carbons (Fsp3) is 0.353. The minimum atomic E-state index is -0.508. The third kappa shape index (κ3) is 3.51. The summed E-state index contributed by atoms with van der Waals surface area (Å²) in [6.45, 7) is 3.65. The fourth-order valence-corrected chi connectivity index (χ4v) is 2.75. The molecule has 2 heterocycles. The van der Waals surface area contributed by atoms with Crippen LogP contribution in [0.1, 0.15) is 23.8 Å². The Morgan fingerprint density at radius 3 is 3.00 bits per heavy atom. The summed E-state index contributed by atoms with van der Waals surface area (Å²) in [7, 11) is 0. The Morgan fingerprint density at radius 1 is 1.42 bits per heavy atom. The van der Waals surface area contributed by atoms with Crippen LogP contribution in [0.5, 0.6) is 0 Å². The second-order valence-electron chi connectivity index (χ2n) is 6.00. The zero-order valence-electron chi connectivity index (χ0n) is 13.3. The molecule has 2 aromatic rings. The molecule has 7 heteroatoms. The highest BCUT2D eigenvalue weighted by Crippen LogP contribution is 2.12. The smallest absolute Gasteiger partial charge is 0.276 e. The third-order valence-electron chi connectivity index (χ3n) is 4.24. The Kier molecular flexibility index (Phi) is 4.71. The molecular formula is C17H19FN4O2. The van der Waals surface area contributed by atoms with Crippen molar-refractivity contribution in [1.82, 2.24) is 20.4 Å². The maximum atomic E-state index is 13.4. The number of hydrogen-bond acceptors (Lipinski definition) is 4. The predicted molar refractivity (Wildman–Crippen MR) is 87.7 cm³/mol. The zero-order chi connectivity index (χ0) is 17.1. The minimum Gasteiger partial charge on any atom is -0.346 e. The molecule has 1 saturated heterocycles. The molecule has 1 fully saturated rings. The lowest BCUT2D eigenvalue weighted by molar-refractivity contribution is 0.0907. The SMILES string of the molecule is CC1CCNCC1NC(=O)c1nn(-c2cccc(F)c2)ccc1=O. The van der Waals surface area contributed by atoms with E-state index < -0.39 is 17.2 Å². The average Bonchev–Trinajstić information content (AvgIpc) is 2.57. The van der Waals surface area contributed by atoms with Gasteiger partial charge in [-0.1, -0.05) is 13.0 Å². The van der Waals surface area contributed by atoms with Crippen molar-refractivity contribution in [3.63, 3.8) is 0 Å². The Labute approximate surface area is 138 Å². The topological polar surface area (TPSA) is 76.0 Å². The minimum absolute atomic E-state index is 0.0460. The van der Waals surface area contributed by atoms with E-state index in [9.17, 15) is 14.0 Å². The first kappa shape index (κ1) is 16.3. The molecule has 2 N–H and O–H groups in total. The molecule has 0 spiro atoms. The van der Waals surface area contributed by atoms with Crippen molar-refractivity contribution in [2.45, 2.75) is 19.4 Å². The molecule has 0 aliphatic carbocycles. The number of benzene rings is 1. The summed E-state index contributed by atoms with van der Waals surface area (Å²) >= 11 is 0. The number of piperidine rings is 1. The lowest BCUT2D eigenvalue weighted by Crippen LogP contribution is -2.51. The normalized spacial score (nSPS) is 20.6. The van der Waals surface area contributed by atoms with Gasteiger partial charge in [-0.15, -0.1) is 0 Å². The van der Waals surface area contributed by atoms with Crippen LogP contribution >= 0.6 is 0 Å². The molecule has 126 valence electrons. The maximum absolute atomic E-state index is 13.4. The highest BCUT2D eigenvalue weighted by Gasteiger charge is 2.24. The molecule has 24 heavy (non-hydrogen) atoms. The van der Waals surface area contributed by atoms with E-state index in [1.165, 1.54) is 29.1 Å². The van der Waals surface area contributed by atoms with Crippen LogP contribution in [-0.4, -0.2) is 34.8 Å². The summed E-state index contributed by atoms with van der Waals surface area (Å²) in [5, 5.41) is 10.2. The van der Waals surface area contributed by atoms with Crippen LogP contribution < -0.4 is 16.1 Å². The molecule has 3 rings (SSSR count). The van der Waals surface area contributed by atoms with Gasteiger partial charge < -0.3 is 10.6 Å². The van der Waals surface area contributed by atoms with Crippen LogP contribution in [0.15, 0.2) is 41.3 Å². The summed E-state index contributed by atoms with van der Waals surface area (Å²) < 4.78 is 14.7. The molecule has 2 unspecified atom stereocenters. The van der Waals surface area contributed by atoms with Crippen molar-refractivity contribution < 1.29 is 9.18 Å². The Bertz CT molecular complexity index is 805. The van der Waals surface area contributed by atoms with E-state index in [1.54, 1.807) is 12.1 Å². The van der Waals surface area contributed by atoms with Crippen molar-refractivity contribution in [3.8, 4) is 5.69 Å². The molecule has 0 bridgehead atoms. The van der Waals surface area contributed by atoms with Gasteiger partial charge in [0, 0.05) is 24.8 Å². The van der Waals surface area contributed by atoms with Crippen LogP contribution in [0, 0.1) is 11.7 Å². The van der Waals surface area contributed by atoms with Crippen molar-refractivity contribution in [3.05, 3.63) is 58.3 Å². The van der Waals surface area contributed by atoms with Crippen LogP contribution in [-0.2, 0) is 0 Å². The van der Waals surface area contributed by atoms with E-state index in [-0.39, 0.29) is 11.7 Å². The predicted octanol–water partition coefficient (Wildman–Crippen LogP) is 1.10. The first-order chi connectivity index (χ1) is 11.5. The van der Waals surface area contributed by atoms with Gasteiger partial charge in [-0.3, -0.25) is 9.59 Å². The van der Waals surface area contributed by atoms with Crippen LogP contribution in [0.2, 0.25) is 0 Å². The lowest BCUT2D eigenvalue weighted by atomic mass is 9.95. The Morgan fingerprint density at radius 2 is 2.25 bits per heavy atom. The molecule has 1 aromatic carbocycles. The highest BCUT2D eigenvalue weighted by atomic mass is 19.1. The fourth-order valence-electron chi connectivity index (χ4n) is 2.75. The molecule has 1 aromatic heterocycles. The Balaban J connectivity index is 1.86. The van der Waals surface area contributed by atoms with E-state index in [4.69, 9.17) is 0 Å². The van der Waals surface area contributed by atoms with Crippen LogP contribution in [0.4, 0.5) is 4.39 Å². The third-order valence-corrected chi connectivity index (χ3v) is 4.24. The van der Waals surface area contributed by atoms with Crippen molar-refractivity contribution in [1.29, 1.82) is 0 Å². The summed E-state index contributed by atoms with van der Waals surface area (Å²) in [4.78, 5) is 24.4. The zero-order valence-corrected chi connectivity index (χ0v) is 13.3. The van der Waals surface area contributed by atoms with Gasteiger partial charge in [0.2, 0.25) is 5.43 Å². The van der Waals surface area contributed by atoms with Crippen molar-refractivity contribution in [2.75, 3.05) is 13.1 Å². The molecular weight excluding hydrogens is 311 g/mol. The first-order valence-corrected chi connectivity index (χ1v) is 7.92. The lowest BCUT2D eigenvalue weighted by Gasteiger charge is -2.30. The second kappa shape index (κ2) is 6.92. The van der Waals surface area contributed by atoms with E-state index in [0.717, 1.165) is 13.0 Å². The Hall–Kier alpha value is -2.54. The van der Waals surface area contributed by atoms with Crippen LogP contribution in [0.3, 0.4) is 0 Å². The number of rotatable bonds is 3. The molecule has 2 atom stereocenters. The van der Waals surface area contributed by atoms with Gasteiger partial charge in [0.15, 0.2) is 5.69 Å². The largest absolute Gasteiger partial charge is 0.346 e. The van der Waals surface area contributed by atoms with Gasteiger partial charge in [-0.25, -0.2) is 9.07 Å². The molecule has 0 radical (unpaired) electrons. The summed E-state index contributed by atoms with van der Waals surface area (Å²) in [5.74, 6) is -0.600. The summed E-state index contributed by atoms with van der Waals surface area (Å²) in [6.07, 6.45) is 2.37. The van der Waals surface area contributed by atoms with Crippen molar-refractivity contribution in [2.24, 2.45) is 5.92 Å². The van der Waals surface area contributed by atoms with Crippen molar-refractivity contribution >= 4 is 5.91 Å². The van der Waals surface area contributed by atoms with Crippen LogP contribution in [0.25, 0.3) is 5.69 Å². The molecule has 0 saturated carbocycles. The monoisotopic (exact) mass is 330 g/mol. The standard InChI is InChI=1S/C17H19FN4O2/c1-11-5-7-19-10-14(11)20-17(24)16-15(23)6-8-22(21-16)13-4-2-3-12(18)9-13/h2-4,6,8-9,11,14,19H,5,7,10H2,1H3,(H,20,24). The molecule has 1 aliphatic rings. The number of carbonyl (C=O) groups excluding carboxylic acids is 1. The van der Waals surface area contributed by atoms with Gasteiger partial charge in [-0.2, -0.15) is 5.10 Å². The number of carbonyl (C=O) groups is 1. The first-order valence-electron chi connectivity index (χ1n) is 7.92. The quantitative estimate of drug-likeness (QED) is 0.884. The van der Waals surface area contributed by atoms with Gasteiger partial charge in [-0.05, 0) is 37.1 Å². The van der Waals surface area contributed by atoms with Gasteiger partial charge in [0.1, 0.15) is 5.82 Å².